The molecular weight excluding hydrogens is 252 g/mol. The van der Waals surface area contributed by atoms with Crippen molar-refractivity contribution < 1.29 is 17.6 Å². The van der Waals surface area contributed by atoms with E-state index < -0.39 is 23.6 Å². The van der Waals surface area contributed by atoms with Crippen LogP contribution in [0.2, 0.25) is 0 Å². The predicted octanol–water partition coefficient (Wildman–Crippen LogP) is 3.80. The molecule has 0 aliphatic heterocycles. The normalized spacial score (nSPS) is 10.9. The van der Waals surface area contributed by atoms with Crippen molar-refractivity contribution in [1.82, 2.24) is 0 Å². The van der Waals surface area contributed by atoms with Crippen LogP contribution in [-0.4, -0.2) is 0 Å². The monoisotopic (exact) mass is 256 g/mol. The van der Waals surface area contributed by atoms with Gasteiger partial charge in [-0.3, -0.25) is 0 Å². The number of hydrogen-bond donors (Lipinski definition) is 0. The largest absolute Gasteiger partial charge is 0.263 e. The maximum absolute atomic E-state index is 12.8. The van der Waals surface area contributed by atoms with Crippen LogP contribution in [-0.2, 0) is 5.33 Å². The Balaban J connectivity index is 3.22. The molecule has 1 rings (SSSR count). The highest BCUT2D eigenvalue weighted by Gasteiger charge is 2.14. The Morgan fingerprint density at radius 2 is 1.85 bits per heavy atom. The van der Waals surface area contributed by atoms with Crippen LogP contribution in [0.3, 0.4) is 0 Å². The van der Waals surface area contributed by atoms with E-state index in [0.717, 1.165) is 6.07 Å². The first kappa shape index (κ1) is 10.5. The second kappa shape index (κ2) is 4.09. The van der Waals surface area contributed by atoms with Crippen molar-refractivity contribution in [3.8, 4) is 0 Å². The van der Waals surface area contributed by atoms with Crippen LogP contribution in [0, 0.1) is 11.6 Å². The molecule has 5 heteroatoms. The lowest BCUT2D eigenvalue weighted by Gasteiger charge is -2.04. The fraction of sp³-hybridized carbons (Fsp3) is 0.250. The highest BCUT2D eigenvalue weighted by molar-refractivity contribution is 9.08. The zero-order valence-electron chi connectivity index (χ0n) is 6.33. The molecule has 0 nitrogen and oxygen atoms in total. The number of rotatable bonds is 2. The smallest absolute Gasteiger partial charge is 0.205 e. The Bertz CT molecular complexity index is 311. The average Bonchev–Trinajstić information content (AvgIpc) is 2.09. The van der Waals surface area contributed by atoms with Gasteiger partial charge in [0.2, 0.25) is 0 Å². The molecule has 0 radical (unpaired) electrons. The van der Waals surface area contributed by atoms with Gasteiger partial charge in [0.1, 0.15) is 0 Å². The molecule has 72 valence electrons. The zero-order chi connectivity index (χ0) is 10.0. The first-order valence-electron chi connectivity index (χ1n) is 3.38. The van der Waals surface area contributed by atoms with Crippen molar-refractivity contribution in [2.24, 2.45) is 0 Å². The fourth-order valence-electron chi connectivity index (χ4n) is 0.893. The van der Waals surface area contributed by atoms with Crippen LogP contribution in [0.25, 0.3) is 0 Å². The standard InChI is InChI=1S/C8H5BrF4/c9-3-5-1-4(8(12)13)2-6(10)7(5)11/h1-2,8H,3H2. The van der Waals surface area contributed by atoms with Gasteiger partial charge in [-0.05, 0) is 12.1 Å². The molecule has 0 aliphatic rings. The van der Waals surface area contributed by atoms with Gasteiger partial charge in [0.25, 0.3) is 6.43 Å². The van der Waals surface area contributed by atoms with Crippen LogP contribution < -0.4 is 0 Å². The van der Waals surface area contributed by atoms with Crippen molar-refractivity contribution in [3.05, 3.63) is 34.9 Å². The highest BCUT2D eigenvalue weighted by atomic mass is 79.9. The third-order valence-corrected chi connectivity index (χ3v) is 2.13. The SMILES string of the molecule is Fc1cc(C(F)F)cc(CBr)c1F. The molecular formula is C8H5BrF4. The molecule has 0 saturated carbocycles. The number of hydrogen-bond acceptors (Lipinski definition) is 0. The maximum Gasteiger partial charge on any atom is 0.263 e. The molecule has 0 unspecified atom stereocenters. The third-order valence-electron chi connectivity index (χ3n) is 1.52. The van der Waals surface area contributed by atoms with Crippen molar-refractivity contribution in [3.63, 3.8) is 0 Å². The summed E-state index contributed by atoms with van der Waals surface area (Å²) in [4.78, 5) is 0. The van der Waals surface area contributed by atoms with E-state index in [9.17, 15) is 17.6 Å². The van der Waals surface area contributed by atoms with Gasteiger partial charge in [0.15, 0.2) is 11.6 Å². The number of alkyl halides is 3. The summed E-state index contributed by atoms with van der Waals surface area (Å²) in [7, 11) is 0. The molecule has 0 spiro atoms. The summed E-state index contributed by atoms with van der Waals surface area (Å²) in [5.74, 6) is -2.33. The summed E-state index contributed by atoms with van der Waals surface area (Å²) in [5.41, 5.74) is -0.608. The van der Waals surface area contributed by atoms with Gasteiger partial charge in [-0.2, -0.15) is 0 Å². The zero-order valence-corrected chi connectivity index (χ0v) is 7.91. The Hall–Kier alpha value is -0.580. The van der Waals surface area contributed by atoms with Gasteiger partial charge in [-0.15, -0.1) is 0 Å². The molecule has 13 heavy (non-hydrogen) atoms. The van der Waals surface area contributed by atoms with Gasteiger partial charge < -0.3 is 0 Å². The molecule has 0 fully saturated rings. The molecule has 0 aromatic heterocycles. The molecule has 0 atom stereocenters. The van der Waals surface area contributed by atoms with Crippen LogP contribution in [0.1, 0.15) is 17.6 Å². The minimum absolute atomic E-state index is 0.0102. The molecule has 0 saturated heterocycles. The fourth-order valence-corrected chi connectivity index (χ4v) is 1.30. The quantitative estimate of drug-likeness (QED) is 0.558. The van der Waals surface area contributed by atoms with E-state index in [1.807, 2.05) is 0 Å². The predicted molar refractivity (Wildman–Crippen MR) is 43.9 cm³/mol. The van der Waals surface area contributed by atoms with Crippen molar-refractivity contribution in [2.45, 2.75) is 11.8 Å². The molecule has 1 aromatic rings. The van der Waals surface area contributed by atoms with Gasteiger partial charge in [-0.1, -0.05) is 15.9 Å². The van der Waals surface area contributed by atoms with Gasteiger partial charge in [0.05, 0.1) is 0 Å². The first-order valence-corrected chi connectivity index (χ1v) is 4.50. The molecule has 0 heterocycles. The molecule has 0 N–H and O–H groups in total. The summed E-state index contributed by atoms with van der Waals surface area (Å²) in [6.07, 6.45) is -2.78. The third kappa shape index (κ3) is 2.21. The summed E-state index contributed by atoms with van der Waals surface area (Å²) >= 11 is 2.87. The number of halogens is 5. The Morgan fingerprint density at radius 3 is 2.31 bits per heavy atom. The summed E-state index contributed by atoms with van der Waals surface area (Å²) < 4.78 is 49.6. The summed E-state index contributed by atoms with van der Waals surface area (Å²) in [6.45, 7) is 0. The maximum atomic E-state index is 12.8. The van der Waals surface area contributed by atoms with Gasteiger partial charge in [-0.25, -0.2) is 17.6 Å². The van der Waals surface area contributed by atoms with Crippen LogP contribution >= 0.6 is 15.9 Å². The lowest BCUT2D eigenvalue weighted by atomic mass is 10.1. The average molecular weight is 257 g/mol. The lowest BCUT2D eigenvalue weighted by Crippen LogP contribution is -1.95. The van der Waals surface area contributed by atoms with Crippen molar-refractivity contribution >= 4 is 15.9 Å². The Morgan fingerprint density at radius 1 is 1.23 bits per heavy atom. The van der Waals surface area contributed by atoms with Crippen LogP contribution in [0.4, 0.5) is 17.6 Å². The lowest BCUT2D eigenvalue weighted by molar-refractivity contribution is 0.150. The van der Waals surface area contributed by atoms with E-state index in [4.69, 9.17) is 0 Å². The van der Waals surface area contributed by atoms with E-state index >= 15 is 0 Å². The minimum Gasteiger partial charge on any atom is -0.205 e. The minimum atomic E-state index is -2.78. The highest BCUT2D eigenvalue weighted by Crippen LogP contribution is 2.24. The Labute approximate surface area is 80.7 Å². The molecule has 0 amide bonds. The topological polar surface area (TPSA) is 0 Å². The van der Waals surface area contributed by atoms with E-state index in [2.05, 4.69) is 15.9 Å². The molecule has 1 aromatic carbocycles. The molecule has 0 bridgehead atoms. The molecule has 0 aliphatic carbocycles. The van der Waals surface area contributed by atoms with E-state index in [1.165, 1.54) is 0 Å². The van der Waals surface area contributed by atoms with Gasteiger partial charge in [0, 0.05) is 16.5 Å². The first-order chi connectivity index (χ1) is 6.06. The van der Waals surface area contributed by atoms with E-state index in [1.54, 1.807) is 0 Å². The second-order valence-corrected chi connectivity index (χ2v) is 2.97. The summed E-state index contributed by atoms with van der Waals surface area (Å²) in [5, 5.41) is 0.0102. The van der Waals surface area contributed by atoms with Gasteiger partial charge >= 0.3 is 0 Å². The number of benzene rings is 1. The van der Waals surface area contributed by atoms with Crippen LogP contribution in [0.5, 0.6) is 0 Å². The second-order valence-electron chi connectivity index (χ2n) is 2.41. The van der Waals surface area contributed by atoms with E-state index in [0.29, 0.717) is 6.07 Å². The summed E-state index contributed by atoms with van der Waals surface area (Å²) in [6, 6.07) is 1.45. The van der Waals surface area contributed by atoms with Crippen LogP contribution in [0.15, 0.2) is 12.1 Å². The Kier molecular flexibility index (Phi) is 3.30. The van der Waals surface area contributed by atoms with E-state index in [-0.39, 0.29) is 10.9 Å². The van der Waals surface area contributed by atoms with Crippen molar-refractivity contribution in [1.29, 1.82) is 0 Å². The van der Waals surface area contributed by atoms with Crippen molar-refractivity contribution in [2.75, 3.05) is 0 Å².